The number of aromatic nitrogens is 1. The van der Waals surface area contributed by atoms with E-state index in [1.165, 1.54) is 42.4 Å². The summed E-state index contributed by atoms with van der Waals surface area (Å²) in [6.45, 7) is 8.85. The zero-order valence-electron chi connectivity index (χ0n) is 17.7. The smallest absolute Gasteiger partial charge is 0.191 e. The van der Waals surface area contributed by atoms with Gasteiger partial charge in [-0.05, 0) is 63.7 Å². The van der Waals surface area contributed by atoms with Crippen LogP contribution in [0.3, 0.4) is 0 Å². The highest BCUT2D eigenvalue weighted by Gasteiger charge is 2.39. The van der Waals surface area contributed by atoms with Crippen molar-refractivity contribution in [2.45, 2.75) is 44.6 Å². The molecule has 2 aromatic rings. The van der Waals surface area contributed by atoms with Crippen LogP contribution in [-0.4, -0.2) is 67.3 Å². The van der Waals surface area contributed by atoms with Crippen LogP contribution < -0.4 is 10.6 Å². The second-order valence-corrected chi connectivity index (χ2v) is 8.26. The number of nitrogens with one attached hydrogen (secondary N) is 3. The van der Waals surface area contributed by atoms with Gasteiger partial charge in [-0.3, -0.25) is 9.89 Å². The zero-order chi connectivity index (χ0) is 19.9. The molecular weight excluding hydrogens is 362 g/mol. The third-order valence-corrected chi connectivity index (χ3v) is 6.44. The lowest BCUT2D eigenvalue weighted by atomic mass is 9.88. The van der Waals surface area contributed by atoms with Gasteiger partial charge < -0.3 is 20.4 Å². The third-order valence-electron chi connectivity index (χ3n) is 6.44. The molecule has 1 aromatic heterocycles. The minimum absolute atomic E-state index is 0.175. The van der Waals surface area contributed by atoms with Gasteiger partial charge in [0.2, 0.25) is 0 Å². The summed E-state index contributed by atoms with van der Waals surface area (Å²) >= 11 is 0. The van der Waals surface area contributed by atoms with Crippen molar-refractivity contribution >= 4 is 16.9 Å². The topological polar surface area (TPSA) is 64.7 Å². The highest BCUT2D eigenvalue weighted by Crippen LogP contribution is 2.31. The molecule has 0 atom stereocenters. The van der Waals surface area contributed by atoms with Crippen LogP contribution in [0.25, 0.3) is 10.9 Å². The summed E-state index contributed by atoms with van der Waals surface area (Å²) < 4.78 is 5.67. The predicted molar refractivity (Wildman–Crippen MR) is 120 cm³/mol. The van der Waals surface area contributed by atoms with Crippen molar-refractivity contribution in [3.63, 3.8) is 0 Å². The summed E-state index contributed by atoms with van der Waals surface area (Å²) in [4.78, 5) is 11.1. The van der Waals surface area contributed by atoms with Gasteiger partial charge in [-0.1, -0.05) is 18.2 Å². The van der Waals surface area contributed by atoms with Crippen LogP contribution in [0.1, 0.15) is 38.2 Å². The van der Waals surface area contributed by atoms with Gasteiger partial charge in [0.1, 0.15) is 0 Å². The molecule has 2 aliphatic heterocycles. The van der Waals surface area contributed by atoms with Crippen molar-refractivity contribution in [1.29, 1.82) is 0 Å². The number of aromatic amines is 1. The summed E-state index contributed by atoms with van der Waals surface area (Å²) in [5, 5.41) is 8.29. The maximum atomic E-state index is 5.67. The van der Waals surface area contributed by atoms with Crippen LogP contribution in [0.2, 0.25) is 0 Å². The van der Waals surface area contributed by atoms with E-state index in [1.54, 1.807) is 0 Å². The summed E-state index contributed by atoms with van der Waals surface area (Å²) in [6.07, 6.45) is 7.90. The quantitative estimate of drug-likeness (QED) is 0.497. The highest BCUT2D eigenvalue weighted by atomic mass is 16.5. The molecule has 1 aromatic carbocycles. The number of hydrogen-bond donors (Lipinski definition) is 3. The normalized spacial score (nSPS) is 20.2. The van der Waals surface area contributed by atoms with E-state index in [1.807, 2.05) is 0 Å². The Labute approximate surface area is 174 Å². The Kier molecular flexibility index (Phi) is 6.72. The minimum Gasteiger partial charge on any atom is -0.381 e. The molecule has 2 fully saturated rings. The molecule has 158 valence electrons. The molecule has 0 amide bonds. The Balaban J connectivity index is 1.38. The SMILES string of the molecule is CCNC(=NCC1(N2CCCC2)CCOCC1)NCCc1c[nH]c2ccccc12. The van der Waals surface area contributed by atoms with Gasteiger partial charge in [0.15, 0.2) is 5.96 Å². The Morgan fingerprint density at radius 3 is 2.76 bits per heavy atom. The summed E-state index contributed by atoms with van der Waals surface area (Å²) in [5.74, 6) is 0.928. The molecule has 2 aliphatic rings. The standard InChI is InChI=1S/C23H35N5O/c1-2-24-22(25-12-9-19-17-26-21-8-4-3-7-20(19)21)27-18-23(10-15-29-16-11-23)28-13-5-6-14-28/h3-4,7-8,17,26H,2,5-6,9-16,18H2,1H3,(H2,24,25,27). The fourth-order valence-corrected chi connectivity index (χ4v) is 4.74. The second kappa shape index (κ2) is 9.63. The van der Waals surface area contributed by atoms with Crippen LogP contribution in [0, 0.1) is 0 Å². The van der Waals surface area contributed by atoms with Gasteiger partial charge in [-0.25, -0.2) is 0 Å². The first-order valence-corrected chi connectivity index (χ1v) is 11.2. The minimum atomic E-state index is 0.175. The van der Waals surface area contributed by atoms with Crippen LogP contribution in [0.5, 0.6) is 0 Å². The van der Waals surface area contributed by atoms with Crippen LogP contribution in [0.4, 0.5) is 0 Å². The molecule has 0 bridgehead atoms. The predicted octanol–water partition coefficient (Wildman–Crippen LogP) is 2.91. The number of hydrogen-bond acceptors (Lipinski definition) is 3. The van der Waals surface area contributed by atoms with E-state index in [9.17, 15) is 0 Å². The summed E-state index contributed by atoms with van der Waals surface area (Å²) in [6, 6.07) is 8.49. The number of likely N-dealkylation sites (tertiary alicyclic amines) is 1. The van der Waals surface area contributed by atoms with Gasteiger partial charge in [0, 0.05) is 48.9 Å². The lowest BCUT2D eigenvalue weighted by Crippen LogP contribution is -2.54. The maximum Gasteiger partial charge on any atom is 0.191 e. The van der Waals surface area contributed by atoms with E-state index in [4.69, 9.17) is 9.73 Å². The number of nitrogens with zero attached hydrogens (tertiary/aromatic N) is 2. The van der Waals surface area contributed by atoms with E-state index in [-0.39, 0.29) is 5.54 Å². The van der Waals surface area contributed by atoms with E-state index in [0.717, 1.165) is 58.1 Å². The number of aliphatic imine (C=N–C) groups is 1. The molecule has 4 rings (SSSR count). The largest absolute Gasteiger partial charge is 0.381 e. The van der Waals surface area contributed by atoms with Gasteiger partial charge >= 0.3 is 0 Å². The number of ether oxygens (including phenoxy) is 1. The Morgan fingerprint density at radius 2 is 1.97 bits per heavy atom. The van der Waals surface area contributed by atoms with Crippen LogP contribution in [-0.2, 0) is 11.2 Å². The monoisotopic (exact) mass is 397 g/mol. The first-order chi connectivity index (χ1) is 14.3. The number of para-hydroxylation sites is 1. The fraction of sp³-hybridized carbons (Fsp3) is 0.609. The van der Waals surface area contributed by atoms with E-state index in [0.29, 0.717) is 0 Å². The molecule has 3 N–H and O–H groups in total. The number of benzene rings is 1. The van der Waals surface area contributed by atoms with Gasteiger partial charge in [-0.2, -0.15) is 0 Å². The molecule has 0 radical (unpaired) electrons. The van der Waals surface area contributed by atoms with Crippen LogP contribution >= 0.6 is 0 Å². The Bertz CT molecular complexity index is 802. The first kappa shape index (κ1) is 20.2. The summed E-state index contributed by atoms with van der Waals surface area (Å²) in [7, 11) is 0. The number of rotatable bonds is 7. The van der Waals surface area contributed by atoms with Crippen LogP contribution in [0.15, 0.2) is 35.5 Å². The molecule has 0 aliphatic carbocycles. The lowest BCUT2D eigenvalue weighted by Gasteiger charge is -2.43. The molecule has 29 heavy (non-hydrogen) atoms. The van der Waals surface area contributed by atoms with Crippen molar-refractivity contribution in [2.24, 2.45) is 4.99 Å². The zero-order valence-corrected chi connectivity index (χ0v) is 17.7. The Morgan fingerprint density at radius 1 is 1.17 bits per heavy atom. The number of guanidine groups is 1. The fourth-order valence-electron chi connectivity index (χ4n) is 4.74. The Hall–Kier alpha value is -2.05. The van der Waals surface area contributed by atoms with E-state index in [2.05, 4.69) is 57.9 Å². The molecule has 6 heteroatoms. The molecule has 0 spiro atoms. The van der Waals surface area contributed by atoms with Crippen molar-refractivity contribution in [2.75, 3.05) is 45.9 Å². The highest BCUT2D eigenvalue weighted by molar-refractivity contribution is 5.83. The number of fused-ring (bicyclic) bond motifs is 1. The first-order valence-electron chi connectivity index (χ1n) is 11.2. The lowest BCUT2D eigenvalue weighted by molar-refractivity contribution is -0.0139. The third kappa shape index (κ3) is 4.75. The maximum absolute atomic E-state index is 5.67. The second-order valence-electron chi connectivity index (χ2n) is 8.26. The average Bonchev–Trinajstić information content (AvgIpc) is 3.44. The molecule has 0 saturated carbocycles. The van der Waals surface area contributed by atoms with E-state index < -0.39 is 0 Å². The van der Waals surface area contributed by atoms with Gasteiger partial charge in [-0.15, -0.1) is 0 Å². The van der Waals surface area contributed by atoms with E-state index >= 15 is 0 Å². The molecule has 2 saturated heterocycles. The number of H-pyrrole nitrogens is 1. The molecule has 3 heterocycles. The van der Waals surface area contributed by atoms with Crippen molar-refractivity contribution in [3.8, 4) is 0 Å². The van der Waals surface area contributed by atoms with Gasteiger partial charge in [0.05, 0.1) is 6.54 Å². The molecule has 0 unspecified atom stereocenters. The van der Waals surface area contributed by atoms with Crippen molar-refractivity contribution in [1.82, 2.24) is 20.5 Å². The average molecular weight is 398 g/mol. The van der Waals surface area contributed by atoms with Crippen molar-refractivity contribution < 1.29 is 4.74 Å². The van der Waals surface area contributed by atoms with Crippen molar-refractivity contribution in [3.05, 3.63) is 36.0 Å². The molecular formula is C23H35N5O. The summed E-state index contributed by atoms with van der Waals surface area (Å²) in [5.41, 5.74) is 2.73. The molecule has 6 nitrogen and oxygen atoms in total. The van der Waals surface area contributed by atoms with Gasteiger partial charge in [0.25, 0.3) is 0 Å².